The molecule has 1 fully saturated rings. The molecule has 0 amide bonds. The van der Waals surface area contributed by atoms with Crippen LogP contribution in [0.5, 0.6) is 0 Å². The van der Waals surface area contributed by atoms with Crippen LogP contribution in [-0.4, -0.2) is 42.5 Å². The van der Waals surface area contributed by atoms with Crippen LogP contribution in [0.1, 0.15) is 5.69 Å². The van der Waals surface area contributed by atoms with E-state index in [2.05, 4.69) is 4.98 Å². The summed E-state index contributed by atoms with van der Waals surface area (Å²) in [6, 6.07) is 3.24. The maximum absolute atomic E-state index is 12.0. The van der Waals surface area contributed by atoms with Gasteiger partial charge < -0.3 is 5.11 Å². The summed E-state index contributed by atoms with van der Waals surface area (Å²) < 4.78 is 25.3. The lowest BCUT2D eigenvalue weighted by molar-refractivity contribution is 0.117. The summed E-state index contributed by atoms with van der Waals surface area (Å²) in [5, 5.41) is 8.84. The lowest BCUT2D eigenvalue weighted by atomic mass is 10.1. The Morgan fingerprint density at radius 2 is 2.19 bits per heavy atom. The maximum atomic E-state index is 12.0. The average molecular weight is 242 g/mol. The van der Waals surface area contributed by atoms with E-state index in [-0.39, 0.29) is 17.4 Å². The molecule has 2 rings (SSSR count). The number of aliphatic hydroxyl groups excluding tert-OH is 1. The second-order valence-electron chi connectivity index (χ2n) is 4.01. The molecule has 88 valence electrons. The third kappa shape index (κ3) is 1.95. The van der Waals surface area contributed by atoms with Crippen LogP contribution in [-0.2, 0) is 10.0 Å². The maximum Gasteiger partial charge on any atom is 0.244 e. The Morgan fingerprint density at radius 3 is 2.69 bits per heavy atom. The number of pyridine rings is 1. The molecule has 1 aromatic heterocycles. The van der Waals surface area contributed by atoms with E-state index < -0.39 is 10.0 Å². The van der Waals surface area contributed by atoms with Gasteiger partial charge in [0.15, 0.2) is 0 Å². The van der Waals surface area contributed by atoms with Gasteiger partial charge in [-0.2, -0.15) is 4.31 Å². The molecule has 0 radical (unpaired) electrons. The molecular formula is C10H14N2O3S. The van der Waals surface area contributed by atoms with E-state index >= 15 is 0 Å². The van der Waals surface area contributed by atoms with E-state index in [0.717, 1.165) is 5.69 Å². The molecule has 0 spiro atoms. The van der Waals surface area contributed by atoms with Crippen LogP contribution in [0.4, 0.5) is 0 Å². The minimum Gasteiger partial charge on any atom is -0.396 e. The highest BCUT2D eigenvalue weighted by atomic mass is 32.2. The molecule has 1 aliphatic rings. The number of sulfonamides is 1. The summed E-state index contributed by atoms with van der Waals surface area (Å²) in [5.74, 6) is 0.0770. The van der Waals surface area contributed by atoms with Crippen molar-refractivity contribution in [2.45, 2.75) is 11.8 Å². The molecule has 5 nitrogen and oxygen atoms in total. The standard InChI is InChI=1S/C10H14N2O3S/c1-8-2-3-10(4-11-8)16(14,15)12-5-9(6-12)7-13/h2-4,9,13H,5-7H2,1H3. The highest BCUT2D eigenvalue weighted by Gasteiger charge is 2.36. The molecular weight excluding hydrogens is 228 g/mol. The Morgan fingerprint density at radius 1 is 1.50 bits per heavy atom. The summed E-state index contributed by atoms with van der Waals surface area (Å²) in [6.07, 6.45) is 1.37. The molecule has 0 atom stereocenters. The molecule has 1 aromatic rings. The molecule has 0 saturated carbocycles. The zero-order valence-electron chi connectivity index (χ0n) is 9.00. The Labute approximate surface area is 94.8 Å². The van der Waals surface area contributed by atoms with Gasteiger partial charge in [0.1, 0.15) is 4.90 Å². The van der Waals surface area contributed by atoms with Gasteiger partial charge in [-0.25, -0.2) is 8.42 Å². The van der Waals surface area contributed by atoms with Gasteiger partial charge in [0, 0.05) is 37.5 Å². The van der Waals surface area contributed by atoms with Crippen LogP contribution in [0.25, 0.3) is 0 Å². The fourth-order valence-corrected chi connectivity index (χ4v) is 3.13. The van der Waals surface area contributed by atoms with Crippen molar-refractivity contribution >= 4 is 10.0 Å². The summed E-state index contributed by atoms with van der Waals surface area (Å²) in [7, 11) is -3.40. The fraction of sp³-hybridized carbons (Fsp3) is 0.500. The summed E-state index contributed by atoms with van der Waals surface area (Å²) in [5.41, 5.74) is 0.788. The van der Waals surface area contributed by atoms with Gasteiger partial charge in [-0.05, 0) is 19.1 Å². The van der Waals surface area contributed by atoms with Crippen LogP contribution in [0.2, 0.25) is 0 Å². The topological polar surface area (TPSA) is 70.5 Å². The lowest BCUT2D eigenvalue weighted by Gasteiger charge is -2.36. The summed E-state index contributed by atoms with van der Waals surface area (Å²) in [4.78, 5) is 4.19. The zero-order chi connectivity index (χ0) is 11.8. The van der Waals surface area contributed by atoms with Crippen molar-refractivity contribution in [3.8, 4) is 0 Å². The second-order valence-corrected chi connectivity index (χ2v) is 5.94. The number of hydrogen-bond donors (Lipinski definition) is 1. The van der Waals surface area contributed by atoms with Gasteiger partial charge in [0.05, 0.1) is 0 Å². The molecule has 6 heteroatoms. The van der Waals surface area contributed by atoms with E-state index in [9.17, 15) is 8.42 Å². The molecule has 1 aliphatic heterocycles. The summed E-state index contributed by atoms with van der Waals surface area (Å²) >= 11 is 0. The number of aliphatic hydroxyl groups is 1. The molecule has 1 saturated heterocycles. The smallest absolute Gasteiger partial charge is 0.244 e. The zero-order valence-corrected chi connectivity index (χ0v) is 9.81. The van der Waals surface area contributed by atoms with Gasteiger partial charge in [-0.3, -0.25) is 4.98 Å². The minimum absolute atomic E-state index is 0.0398. The third-order valence-electron chi connectivity index (χ3n) is 2.70. The molecule has 0 unspecified atom stereocenters. The molecule has 16 heavy (non-hydrogen) atoms. The van der Waals surface area contributed by atoms with Gasteiger partial charge in [0.25, 0.3) is 0 Å². The van der Waals surface area contributed by atoms with Crippen LogP contribution in [0.15, 0.2) is 23.2 Å². The normalized spacial score (nSPS) is 18.4. The number of hydrogen-bond acceptors (Lipinski definition) is 4. The van der Waals surface area contributed by atoms with Crippen molar-refractivity contribution in [3.63, 3.8) is 0 Å². The van der Waals surface area contributed by atoms with E-state index in [1.807, 2.05) is 6.92 Å². The molecule has 0 aromatic carbocycles. The van der Waals surface area contributed by atoms with E-state index in [1.54, 1.807) is 12.1 Å². The Bertz CT molecular complexity index is 463. The number of aromatic nitrogens is 1. The minimum atomic E-state index is -3.40. The molecule has 0 bridgehead atoms. The van der Waals surface area contributed by atoms with Crippen LogP contribution >= 0.6 is 0 Å². The largest absolute Gasteiger partial charge is 0.396 e. The van der Waals surface area contributed by atoms with E-state index in [4.69, 9.17) is 5.11 Å². The van der Waals surface area contributed by atoms with Crippen molar-refractivity contribution in [1.82, 2.24) is 9.29 Å². The summed E-state index contributed by atoms with van der Waals surface area (Å²) in [6.45, 7) is 2.64. The Hall–Kier alpha value is -0.980. The number of aryl methyl sites for hydroxylation is 1. The molecule has 0 aliphatic carbocycles. The number of rotatable bonds is 3. The van der Waals surface area contributed by atoms with Crippen molar-refractivity contribution in [2.24, 2.45) is 5.92 Å². The van der Waals surface area contributed by atoms with Crippen LogP contribution in [0.3, 0.4) is 0 Å². The van der Waals surface area contributed by atoms with Gasteiger partial charge in [-0.15, -0.1) is 0 Å². The van der Waals surface area contributed by atoms with Crippen molar-refractivity contribution < 1.29 is 13.5 Å². The highest BCUT2D eigenvalue weighted by molar-refractivity contribution is 7.89. The highest BCUT2D eigenvalue weighted by Crippen LogP contribution is 2.24. The lowest BCUT2D eigenvalue weighted by Crippen LogP contribution is -2.51. The SMILES string of the molecule is Cc1ccc(S(=O)(=O)N2CC(CO)C2)cn1. The Balaban J connectivity index is 2.17. The first-order valence-corrected chi connectivity index (χ1v) is 6.51. The third-order valence-corrected chi connectivity index (χ3v) is 4.52. The average Bonchev–Trinajstić information content (AvgIpc) is 2.16. The van der Waals surface area contributed by atoms with Crippen molar-refractivity contribution in [2.75, 3.05) is 19.7 Å². The van der Waals surface area contributed by atoms with Crippen molar-refractivity contribution in [3.05, 3.63) is 24.0 Å². The monoisotopic (exact) mass is 242 g/mol. The first-order chi connectivity index (χ1) is 7.54. The second kappa shape index (κ2) is 4.12. The predicted molar refractivity (Wildman–Crippen MR) is 58.3 cm³/mol. The first kappa shape index (κ1) is 11.5. The molecule has 2 heterocycles. The fourth-order valence-electron chi connectivity index (χ4n) is 1.59. The van der Waals surface area contributed by atoms with E-state index in [0.29, 0.717) is 13.1 Å². The quantitative estimate of drug-likeness (QED) is 0.810. The van der Waals surface area contributed by atoms with Gasteiger partial charge >= 0.3 is 0 Å². The van der Waals surface area contributed by atoms with Crippen LogP contribution < -0.4 is 0 Å². The predicted octanol–water partition coefficient (Wildman–Crippen LogP) is 0.00282. The van der Waals surface area contributed by atoms with E-state index in [1.165, 1.54) is 10.5 Å². The first-order valence-electron chi connectivity index (χ1n) is 5.07. The van der Waals surface area contributed by atoms with Gasteiger partial charge in [-0.1, -0.05) is 0 Å². The van der Waals surface area contributed by atoms with Crippen molar-refractivity contribution in [1.29, 1.82) is 0 Å². The molecule has 1 N–H and O–H groups in total. The van der Waals surface area contributed by atoms with Gasteiger partial charge in [0.2, 0.25) is 10.0 Å². The Kier molecular flexibility index (Phi) is 2.96. The van der Waals surface area contributed by atoms with Crippen LogP contribution in [0, 0.1) is 12.8 Å². The number of nitrogens with zero attached hydrogens (tertiary/aromatic N) is 2.